The van der Waals surface area contributed by atoms with Crippen molar-refractivity contribution in [3.8, 4) is 11.5 Å². The molecule has 0 radical (unpaired) electrons. The summed E-state index contributed by atoms with van der Waals surface area (Å²) in [6, 6.07) is 20.9. The number of fused-ring (bicyclic) bond motifs is 1. The Kier molecular flexibility index (Phi) is 5.61. The largest absolute Gasteiger partial charge is 0.505 e. The Bertz CT molecular complexity index is 1190. The third-order valence-corrected chi connectivity index (χ3v) is 4.83. The number of hydrogen-bond acceptors (Lipinski definition) is 5. The van der Waals surface area contributed by atoms with Gasteiger partial charge in [-0.25, -0.2) is 4.98 Å². The van der Waals surface area contributed by atoms with Crippen LogP contribution in [-0.4, -0.2) is 21.7 Å². The van der Waals surface area contributed by atoms with Gasteiger partial charge in [-0.1, -0.05) is 49.1 Å². The van der Waals surface area contributed by atoms with Crippen molar-refractivity contribution in [3.63, 3.8) is 0 Å². The van der Waals surface area contributed by atoms with E-state index in [1.807, 2.05) is 73.7 Å². The van der Waals surface area contributed by atoms with Crippen LogP contribution >= 0.6 is 0 Å². The van der Waals surface area contributed by atoms with Crippen molar-refractivity contribution in [2.45, 2.75) is 13.0 Å². The number of benzene rings is 2. The van der Waals surface area contributed by atoms with Gasteiger partial charge in [0.1, 0.15) is 29.4 Å². The van der Waals surface area contributed by atoms with E-state index < -0.39 is 0 Å². The second kappa shape index (κ2) is 8.66. The second-order valence-corrected chi connectivity index (χ2v) is 6.99. The van der Waals surface area contributed by atoms with Gasteiger partial charge in [0.15, 0.2) is 0 Å². The van der Waals surface area contributed by atoms with Crippen LogP contribution in [0.25, 0.3) is 10.9 Å². The van der Waals surface area contributed by atoms with Crippen LogP contribution in [-0.2, 0) is 0 Å². The van der Waals surface area contributed by atoms with E-state index in [9.17, 15) is 5.11 Å². The molecule has 0 bridgehead atoms. The van der Waals surface area contributed by atoms with Crippen molar-refractivity contribution >= 4 is 16.7 Å². The van der Waals surface area contributed by atoms with E-state index in [2.05, 4.69) is 21.9 Å². The van der Waals surface area contributed by atoms with Crippen LogP contribution in [0, 0.1) is 6.92 Å². The number of pyridine rings is 2. The normalized spacial score (nSPS) is 11.8. The van der Waals surface area contributed by atoms with Gasteiger partial charge in [0.05, 0.1) is 6.04 Å². The Morgan fingerprint density at radius 2 is 1.97 bits per heavy atom. The molecule has 2 N–H and O–H groups in total. The zero-order chi connectivity index (χ0) is 20.9. The molecule has 0 spiro atoms. The highest BCUT2D eigenvalue weighted by Crippen LogP contribution is 2.37. The fraction of sp³-hybridized carbons (Fsp3) is 0.120. The molecule has 0 aliphatic heterocycles. The lowest BCUT2D eigenvalue weighted by Gasteiger charge is -2.22. The van der Waals surface area contributed by atoms with E-state index in [0.29, 0.717) is 17.7 Å². The third-order valence-electron chi connectivity index (χ3n) is 4.83. The molecule has 150 valence electrons. The van der Waals surface area contributed by atoms with Crippen LogP contribution < -0.4 is 10.1 Å². The Balaban J connectivity index is 1.82. The van der Waals surface area contributed by atoms with Crippen molar-refractivity contribution < 1.29 is 9.84 Å². The summed E-state index contributed by atoms with van der Waals surface area (Å²) in [5.41, 5.74) is 3.13. The highest BCUT2D eigenvalue weighted by Gasteiger charge is 2.21. The minimum Gasteiger partial charge on any atom is -0.505 e. The Labute approximate surface area is 175 Å². The van der Waals surface area contributed by atoms with Crippen molar-refractivity contribution in [3.05, 3.63) is 102 Å². The molecular formula is C25H23N3O2. The van der Waals surface area contributed by atoms with Gasteiger partial charge < -0.3 is 15.2 Å². The number of aromatic hydroxyl groups is 1. The number of rotatable bonds is 7. The molecule has 0 aliphatic rings. The quantitative estimate of drug-likeness (QED) is 0.408. The first-order valence-corrected chi connectivity index (χ1v) is 9.76. The first-order valence-electron chi connectivity index (χ1n) is 9.76. The molecule has 2 aromatic carbocycles. The molecule has 2 heterocycles. The standard InChI is InChI=1S/C25H23N3O2/c1-3-15-30-20-10-5-8-19(16-20)23(28-22-11-4-7-17(2)27-22)21-13-12-18-9-6-14-26-24(18)25(21)29/h3-14,16,23,29H,1,15H2,2H3,(H,27,28)/t23-/m0/s1. The average molecular weight is 397 g/mol. The van der Waals surface area contributed by atoms with Gasteiger partial charge >= 0.3 is 0 Å². The van der Waals surface area contributed by atoms with Gasteiger partial charge in [-0.3, -0.25) is 4.98 Å². The number of phenolic OH excluding ortho intramolecular Hbond substituents is 1. The molecule has 5 heteroatoms. The summed E-state index contributed by atoms with van der Waals surface area (Å²) in [5.74, 6) is 1.60. The van der Waals surface area contributed by atoms with Gasteiger partial charge in [-0.2, -0.15) is 0 Å². The molecule has 0 saturated heterocycles. The number of nitrogens with zero attached hydrogens (tertiary/aromatic N) is 2. The zero-order valence-electron chi connectivity index (χ0n) is 16.7. The molecule has 0 unspecified atom stereocenters. The van der Waals surface area contributed by atoms with E-state index in [0.717, 1.165) is 28.2 Å². The van der Waals surface area contributed by atoms with Gasteiger partial charge in [0.2, 0.25) is 0 Å². The lowest BCUT2D eigenvalue weighted by molar-refractivity contribution is 0.362. The number of aryl methyl sites for hydroxylation is 1. The summed E-state index contributed by atoms with van der Waals surface area (Å²) in [7, 11) is 0. The Hall–Kier alpha value is -3.86. The maximum absolute atomic E-state index is 11.1. The molecule has 0 aliphatic carbocycles. The van der Waals surface area contributed by atoms with E-state index in [-0.39, 0.29) is 11.8 Å². The fourth-order valence-corrected chi connectivity index (χ4v) is 3.43. The van der Waals surface area contributed by atoms with E-state index in [1.165, 1.54) is 0 Å². The van der Waals surface area contributed by atoms with Gasteiger partial charge in [0, 0.05) is 22.8 Å². The first kappa shape index (κ1) is 19.5. The van der Waals surface area contributed by atoms with E-state index >= 15 is 0 Å². The van der Waals surface area contributed by atoms with Crippen LogP contribution in [0.5, 0.6) is 11.5 Å². The van der Waals surface area contributed by atoms with Crippen molar-refractivity contribution in [2.24, 2.45) is 0 Å². The second-order valence-electron chi connectivity index (χ2n) is 6.99. The van der Waals surface area contributed by atoms with E-state index in [4.69, 9.17) is 4.74 Å². The van der Waals surface area contributed by atoms with Crippen LogP contribution in [0.3, 0.4) is 0 Å². The monoisotopic (exact) mass is 397 g/mol. The maximum atomic E-state index is 11.1. The smallest absolute Gasteiger partial charge is 0.147 e. The molecule has 0 saturated carbocycles. The average Bonchev–Trinajstić information content (AvgIpc) is 2.77. The lowest BCUT2D eigenvalue weighted by Crippen LogP contribution is -2.14. The molecule has 30 heavy (non-hydrogen) atoms. The van der Waals surface area contributed by atoms with Crippen molar-refractivity contribution in [1.29, 1.82) is 0 Å². The molecule has 0 fully saturated rings. The van der Waals surface area contributed by atoms with Gasteiger partial charge in [0.25, 0.3) is 0 Å². The summed E-state index contributed by atoms with van der Waals surface area (Å²) < 4.78 is 5.72. The zero-order valence-corrected chi connectivity index (χ0v) is 16.7. The Morgan fingerprint density at radius 1 is 1.10 bits per heavy atom. The Morgan fingerprint density at radius 3 is 2.80 bits per heavy atom. The molecule has 2 aromatic heterocycles. The predicted octanol–water partition coefficient (Wildman–Crippen LogP) is 5.41. The summed E-state index contributed by atoms with van der Waals surface area (Å²) in [6.07, 6.45) is 3.39. The van der Waals surface area contributed by atoms with Crippen LogP contribution in [0.1, 0.15) is 22.9 Å². The first-order chi connectivity index (χ1) is 14.7. The highest BCUT2D eigenvalue weighted by atomic mass is 16.5. The topological polar surface area (TPSA) is 67.3 Å². The summed E-state index contributed by atoms with van der Waals surface area (Å²) in [5, 5.41) is 15.4. The fourth-order valence-electron chi connectivity index (χ4n) is 3.43. The van der Waals surface area contributed by atoms with Gasteiger partial charge in [-0.15, -0.1) is 0 Å². The number of ether oxygens (including phenoxy) is 1. The van der Waals surface area contributed by atoms with Gasteiger partial charge in [-0.05, 0) is 42.8 Å². The summed E-state index contributed by atoms with van der Waals surface area (Å²) >= 11 is 0. The molecule has 4 aromatic rings. The van der Waals surface area contributed by atoms with Crippen molar-refractivity contribution in [1.82, 2.24) is 9.97 Å². The number of aromatic nitrogens is 2. The minimum atomic E-state index is -0.349. The van der Waals surface area contributed by atoms with Crippen LogP contribution in [0.15, 0.2) is 85.6 Å². The predicted molar refractivity (Wildman–Crippen MR) is 120 cm³/mol. The molecule has 5 nitrogen and oxygen atoms in total. The van der Waals surface area contributed by atoms with Crippen LogP contribution in [0.4, 0.5) is 5.82 Å². The SMILES string of the molecule is C=CCOc1cccc([C@H](Nc2cccc(C)n2)c2ccc3cccnc3c2O)c1. The molecule has 0 amide bonds. The maximum Gasteiger partial charge on any atom is 0.147 e. The highest BCUT2D eigenvalue weighted by molar-refractivity contribution is 5.86. The number of phenols is 1. The molecule has 1 atom stereocenters. The molecular weight excluding hydrogens is 374 g/mol. The number of hydrogen-bond donors (Lipinski definition) is 2. The van der Waals surface area contributed by atoms with Crippen molar-refractivity contribution in [2.75, 3.05) is 11.9 Å². The lowest BCUT2D eigenvalue weighted by atomic mass is 9.96. The summed E-state index contributed by atoms with van der Waals surface area (Å²) in [6.45, 7) is 6.07. The van der Waals surface area contributed by atoms with E-state index in [1.54, 1.807) is 12.3 Å². The number of nitrogens with one attached hydrogen (secondary N) is 1. The van der Waals surface area contributed by atoms with Crippen LogP contribution in [0.2, 0.25) is 0 Å². The summed E-state index contributed by atoms with van der Waals surface area (Å²) in [4.78, 5) is 8.94. The minimum absolute atomic E-state index is 0.149. The molecule has 4 rings (SSSR count). The third kappa shape index (κ3) is 4.10. The number of anilines is 1.